The van der Waals surface area contributed by atoms with E-state index in [1.807, 2.05) is 20.2 Å². The Bertz CT molecular complexity index is 544. The van der Waals surface area contributed by atoms with Crippen LogP contribution in [-0.4, -0.2) is 21.2 Å². The van der Waals surface area contributed by atoms with Crippen molar-refractivity contribution < 1.29 is 9.90 Å². The zero-order valence-electron chi connectivity index (χ0n) is 9.14. The summed E-state index contributed by atoms with van der Waals surface area (Å²) in [4.78, 5) is 10.7. The van der Waals surface area contributed by atoms with Crippen molar-refractivity contribution in [1.29, 1.82) is 0 Å². The smallest absolute Gasteiger partial charge is 0.153 e. The second kappa shape index (κ2) is 3.81. The first-order chi connectivity index (χ1) is 7.61. The van der Waals surface area contributed by atoms with Gasteiger partial charge in [-0.15, -0.1) is 0 Å². The first-order valence-electron chi connectivity index (χ1n) is 4.89. The molecule has 0 fully saturated rings. The molecule has 0 bridgehead atoms. The van der Waals surface area contributed by atoms with E-state index in [1.54, 1.807) is 23.0 Å². The minimum Gasteiger partial charge on any atom is -0.507 e. The SMILES string of the molecule is Cc1cc(O)c(C=O)cc1-c1cnn(C)c1. The molecule has 0 aliphatic carbocycles. The lowest BCUT2D eigenvalue weighted by molar-refractivity contribution is 0.112. The monoisotopic (exact) mass is 216 g/mol. The van der Waals surface area contributed by atoms with Gasteiger partial charge in [-0.25, -0.2) is 0 Å². The normalized spacial score (nSPS) is 10.4. The van der Waals surface area contributed by atoms with E-state index in [1.165, 1.54) is 0 Å². The van der Waals surface area contributed by atoms with Crippen LogP contribution in [0.25, 0.3) is 11.1 Å². The van der Waals surface area contributed by atoms with E-state index >= 15 is 0 Å². The predicted molar refractivity (Wildman–Crippen MR) is 60.4 cm³/mol. The summed E-state index contributed by atoms with van der Waals surface area (Å²) in [6.45, 7) is 1.89. The van der Waals surface area contributed by atoms with Crippen LogP contribution in [0.2, 0.25) is 0 Å². The highest BCUT2D eigenvalue weighted by Crippen LogP contribution is 2.28. The van der Waals surface area contributed by atoms with Gasteiger partial charge in [0, 0.05) is 18.8 Å². The first kappa shape index (κ1) is 10.4. The number of hydrogen-bond donors (Lipinski definition) is 1. The average molecular weight is 216 g/mol. The maximum atomic E-state index is 10.7. The first-order valence-corrected chi connectivity index (χ1v) is 4.89. The number of aryl methyl sites for hydroxylation is 2. The summed E-state index contributed by atoms with van der Waals surface area (Å²) in [5.74, 6) is 0.0140. The fourth-order valence-corrected chi connectivity index (χ4v) is 1.68. The summed E-state index contributed by atoms with van der Waals surface area (Å²) in [6.07, 6.45) is 4.25. The topological polar surface area (TPSA) is 55.1 Å². The van der Waals surface area contributed by atoms with Gasteiger partial charge in [0.1, 0.15) is 5.75 Å². The van der Waals surface area contributed by atoms with Crippen LogP contribution >= 0.6 is 0 Å². The molecule has 0 radical (unpaired) electrons. The Morgan fingerprint density at radius 2 is 2.19 bits per heavy atom. The molecule has 2 aromatic rings. The lowest BCUT2D eigenvalue weighted by Gasteiger charge is -2.06. The molecule has 0 spiro atoms. The van der Waals surface area contributed by atoms with Crippen molar-refractivity contribution in [2.24, 2.45) is 7.05 Å². The van der Waals surface area contributed by atoms with Crippen molar-refractivity contribution >= 4 is 6.29 Å². The standard InChI is InChI=1S/C12H12N2O2/c1-8-3-12(16)9(7-15)4-11(8)10-5-13-14(2)6-10/h3-7,16H,1-2H3. The molecule has 1 N–H and O–H groups in total. The van der Waals surface area contributed by atoms with E-state index in [4.69, 9.17) is 0 Å². The number of carbonyl (C=O) groups is 1. The van der Waals surface area contributed by atoms with Crippen molar-refractivity contribution in [2.45, 2.75) is 6.92 Å². The highest BCUT2D eigenvalue weighted by atomic mass is 16.3. The summed E-state index contributed by atoms with van der Waals surface area (Å²) in [7, 11) is 1.83. The number of aromatic hydroxyl groups is 1. The Morgan fingerprint density at radius 3 is 2.75 bits per heavy atom. The summed E-state index contributed by atoms with van der Waals surface area (Å²) in [5.41, 5.74) is 3.05. The third-order valence-electron chi connectivity index (χ3n) is 2.52. The average Bonchev–Trinajstić information content (AvgIpc) is 2.65. The van der Waals surface area contributed by atoms with Crippen LogP contribution in [0.15, 0.2) is 24.5 Å². The molecule has 16 heavy (non-hydrogen) atoms. The van der Waals surface area contributed by atoms with Gasteiger partial charge in [-0.2, -0.15) is 5.10 Å². The Morgan fingerprint density at radius 1 is 1.44 bits per heavy atom. The van der Waals surface area contributed by atoms with Crippen LogP contribution in [0.3, 0.4) is 0 Å². The Hall–Kier alpha value is -2.10. The lowest BCUT2D eigenvalue weighted by Crippen LogP contribution is -1.88. The minimum absolute atomic E-state index is 0.0140. The number of phenols is 1. The van der Waals surface area contributed by atoms with Gasteiger partial charge >= 0.3 is 0 Å². The molecule has 1 aromatic carbocycles. The highest BCUT2D eigenvalue weighted by molar-refractivity contribution is 5.83. The van der Waals surface area contributed by atoms with Crippen molar-refractivity contribution in [1.82, 2.24) is 9.78 Å². The van der Waals surface area contributed by atoms with Crippen molar-refractivity contribution in [3.05, 3.63) is 35.7 Å². The lowest BCUT2D eigenvalue weighted by atomic mass is 10.0. The molecule has 0 atom stereocenters. The maximum absolute atomic E-state index is 10.7. The highest BCUT2D eigenvalue weighted by Gasteiger charge is 2.09. The van der Waals surface area contributed by atoms with Gasteiger partial charge in [-0.05, 0) is 30.2 Å². The molecule has 2 rings (SSSR count). The number of aldehydes is 1. The van der Waals surface area contributed by atoms with E-state index in [2.05, 4.69) is 5.10 Å². The predicted octanol–water partition coefficient (Wildman–Crippen LogP) is 1.91. The number of benzene rings is 1. The molecule has 4 heteroatoms. The molecule has 0 amide bonds. The van der Waals surface area contributed by atoms with Gasteiger partial charge in [0.2, 0.25) is 0 Å². The van der Waals surface area contributed by atoms with Crippen LogP contribution in [0.4, 0.5) is 0 Å². The second-order valence-corrected chi connectivity index (χ2v) is 3.75. The summed E-state index contributed by atoms with van der Waals surface area (Å²) >= 11 is 0. The molecule has 1 heterocycles. The summed E-state index contributed by atoms with van der Waals surface area (Å²) in [5, 5.41) is 13.6. The van der Waals surface area contributed by atoms with E-state index < -0.39 is 0 Å². The molecule has 1 aromatic heterocycles. The fourth-order valence-electron chi connectivity index (χ4n) is 1.68. The molecule has 82 valence electrons. The van der Waals surface area contributed by atoms with Crippen LogP contribution in [0.1, 0.15) is 15.9 Å². The van der Waals surface area contributed by atoms with E-state index in [9.17, 15) is 9.90 Å². The van der Waals surface area contributed by atoms with Crippen molar-refractivity contribution in [3.63, 3.8) is 0 Å². The van der Waals surface area contributed by atoms with Gasteiger partial charge in [0.15, 0.2) is 6.29 Å². The Kier molecular flexibility index (Phi) is 2.48. The van der Waals surface area contributed by atoms with Crippen LogP contribution in [-0.2, 0) is 7.05 Å². The Balaban J connectivity index is 2.60. The van der Waals surface area contributed by atoms with E-state index in [-0.39, 0.29) is 5.75 Å². The minimum atomic E-state index is 0.0140. The zero-order valence-corrected chi connectivity index (χ0v) is 9.14. The molecule has 0 saturated carbocycles. The number of phenolic OH excluding ortho intramolecular Hbond substituents is 1. The fraction of sp³-hybridized carbons (Fsp3) is 0.167. The number of rotatable bonds is 2. The summed E-state index contributed by atoms with van der Waals surface area (Å²) < 4.78 is 1.70. The molecule has 0 unspecified atom stereocenters. The van der Waals surface area contributed by atoms with Gasteiger partial charge < -0.3 is 5.11 Å². The third-order valence-corrected chi connectivity index (χ3v) is 2.52. The molecule has 0 aliphatic heterocycles. The summed E-state index contributed by atoms with van der Waals surface area (Å²) in [6, 6.07) is 3.26. The van der Waals surface area contributed by atoms with E-state index in [0.29, 0.717) is 11.8 Å². The molecule has 0 aliphatic rings. The van der Waals surface area contributed by atoms with Gasteiger partial charge in [-0.1, -0.05) is 0 Å². The number of aromatic nitrogens is 2. The quantitative estimate of drug-likeness (QED) is 0.780. The Labute approximate surface area is 93.1 Å². The number of hydrogen-bond acceptors (Lipinski definition) is 3. The molecular formula is C12H12N2O2. The van der Waals surface area contributed by atoms with Gasteiger partial charge in [0.25, 0.3) is 0 Å². The van der Waals surface area contributed by atoms with Crippen molar-refractivity contribution in [2.75, 3.05) is 0 Å². The van der Waals surface area contributed by atoms with Crippen LogP contribution in [0.5, 0.6) is 5.75 Å². The van der Waals surface area contributed by atoms with E-state index in [0.717, 1.165) is 16.7 Å². The molecule has 4 nitrogen and oxygen atoms in total. The number of carbonyl (C=O) groups excluding carboxylic acids is 1. The van der Waals surface area contributed by atoms with Crippen molar-refractivity contribution in [3.8, 4) is 16.9 Å². The maximum Gasteiger partial charge on any atom is 0.153 e. The van der Waals surface area contributed by atoms with Crippen LogP contribution in [0, 0.1) is 6.92 Å². The van der Waals surface area contributed by atoms with Gasteiger partial charge in [0.05, 0.1) is 11.8 Å². The zero-order chi connectivity index (χ0) is 11.7. The molecular weight excluding hydrogens is 204 g/mol. The molecule has 0 saturated heterocycles. The third kappa shape index (κ3) is 1.69. The van der Waals surface area contributed by atoms with Gasteiger partial charge in [-0.3, -0.25) is 9.48 Å². The number of nitrogens with zero attached hydrogens (tertiary/aromatic N) is 2. The second-order valence-electron chi connectivity index (χ2n) is 3.75. The largest absolute Gasteiger partial charge is 0.507 e. The van der Waals surface area contributed by atoms with Crippen LogP contribution < -0.4 is 0 Å².